The topological polar surface area (TPSA) is 71.1 Å². The van der Waals surface area contributed by atoms with Gasteiger partial charge in [0.25, 0.3) is 0 Å². The molecule has 0 spiro atoms. The molecular formula is C19H27N3O4S. The van der Waals surface area contributed by atoms with E-state index >= 15 is 0 Å². The van der Waals surface area contributed by atoms with Crippen LogP contribution < -0.4 is 14.8 Å². The highest BCUT2D eigenvalue weighted by Crippen LogP contribution is 2.25. The number of amides is 2. The van der Waals surface area contributed by atoms with Gasteiger partial charge in [-0.05, 0) is 17.7 Å². The fraction of sp³-hybridized carbons (Fsp3) is 0.579. The van der Waals surface area contributed by atoms with Crippen molar-refractivity contribution in [3.05, 3.63) is 23.8 Å². The molecule has 2 aliphatic rings. The molecule has 1 N–H and O–H groups in total. The standard InChI is InChI=1S/C19H27N3O4S/c1-25-15-9-14(10-16(11-15)26-2)13-22-4-3-20-19(24)17(22)12-18(23)21-5-7-27-8-6-21/h9-11,17H,3-8,12-13H2,1-2H3,(H,20,24). The van der Waals surface area contributed by atoms with E-state index in [1.165, 1.54) is 0 Å². The number of hydrogen-bond donors (Lipinski definition) is 1. The molecule has 7 nitrogen and oxygen atoms in total. The van der Waals surface area contributed by atoms with Crippen LogP contribution in [-0.2, 0) is 16.1 Å². The number of carbonyl (C=O) groups is 2. The average molecular weight is 394 g/mol. The fourth-order valence-electron chi connectivity index (χ4n) is 3.47. The van der Waals surface area contributed by atoms with Crippen molar-refractivity contribution in [1.82, 2.24) is 15.1 Å². The predicted octanol–water partition coefficient (Wildman–Crippen LogP) is 0.970. The van der Waals surface area contributed by atoms with Gasteiger partial charge < -0.3 is 19.7 Å². The summed E-state index contributed by atoms with van der Waals surface area (Å²) in [6.07, 6.45) is 0.220. The molecule has 27 heavy (non-hydrogen) atoms. The summed E-state index contributed by atoms with van der Waals surface area (Å²) >= 11 is 1.86. The van der Waals surface area contributed by atoms with Crippen LogP contribution in [0.3, 0.4) is 0 Å². The molecule has 1 aromatic rings. The van der Waals surface area contributed by atoms with Crippen LogP contribution in [0.15, 0.2) is 18.2 Å². The van der Waals surface area contributed by atoms with Crippen LogP contribution >= 0.6 is 11.8 Å². The van der Waals surface area contributed by atoms with Gasteiger partial charge in [-0.2, -0.15) is 11.8 Å². The number of hydrogen-bond acceptors (Lipinski definition) is 6. The minimum Gasteiger partial charge on any atom is -0.497 e. The lowest BCUT2D eigenvalue weighted by molar-refractivity contribution is -0.138. The molecule has 1 aromatic carbocycles. The van der Waals surface area contributed by atoms with E-state index in [0.29, 0.717) is 31.1 Å². The molecule has 3 rings (SSSR count). The summed E-state index contributed by atoms with van der Waals surface area (Å²) in [5, 5.41) is 2.90. The van der Waals surface area contributed by atoms with E-state index in [1.54, 1.807) is 14.2 Å². The molecule has 148 valence electrons. The minimum absolute atomic E-state index is 0.0607. The van der Waals surface area contributed by atoms with Crippen LogP contribution in [-0.4, -0.2) is 79.6 Å². The number of benzene rings is 1. The summed E-state index contributed by atoms with van der Waals surface area (Å²) in [7, 11) is 3.23. The second-order valence-electron chi connectivity index (χ2n) is 6.70. The van der Waals surface area contributed by atoms with E-state index in [9.17, 15) is 9.59 Å². The highest BCUT2D eigenvalue weighted by molar-refractivity contribution is 7.99. The Morgan fingerprint density at radius 1 is 1.15 bits per heavy atom. The first kappa shape index (κ1) is 19.8. The summed E-state index contributed by atoms with van der Waals surface area (Å²) in [6, 6.07) is 5.26. The third-order valence-electron chi connectivity index (χ3n) is 4.97. The molecule has 2 fully saturated rings. The van der Waals surface area contributed by atoms with E-state index in [1.807, 2.05) is 34.9 Å². The van der Waals surface area contributed by atoms with Gasteiger partial charge in [-0.3, -0.25) is 14.5 Å². The van der Waals surface area contributed by atoms with Crippen molar-refractivity contribution in [2.75, 3.05) is 51.9 Å². The van der Waals surface area contributed by atoms with Gasteiger partial charge in [-0.25, -0.2) is 0 Å². The van der Waals surface area contributed by atoms with E-state index in [4.69, 9.17) is 9.47 Å². The Morgan fingerprint density at radius 2 is 1.81 bits per heavy atom. The summed E-state index contributed by atoms with van der Waals surface area (Å²) in [4.78, 5) is 29.1. The molecule has 0 bridgehead atoms. The molecule has 1 unspecified atom stereocenters. The smallest absolute Gasteiger partial charge is 0.237 e. The maximum atomic E-state index is 12.7. The first-order valence-electron chi connectivity index (χ1n) is 9.20. The number of piperazine rings is 1. The molecule has 8 heteroatoms. The highest BCUT2D eigenvalue weighted by atomic mass is 32.2. The first-order chi connectivity index (χ1) is 13.1. The number of ether oxygens (including phenoxy) is 2. The van der Waals surface area contributed by atoms with Crippen LogP contribution in [0.2, 0.25) is 0 Å². The number of thioether (sulfide) groups is 1. The Kier molecular flexibility index (Phi) is 6.84. The van der Waals surface area contributed by atoms with Crippen molar-refractivity contribution < 1.29 is 19.1 Å². The normalized spacial score (nSPS) is 20.9. The van der Waals surface area contributed by atoms with E-state index in [0.717, 1.165) is 30.2 Å². The largest absolute Gasteiger partial charge is 0.497 e. The molecule has 0 radical (unpaired) electrons. The van der Waals surface area contributed by atoms with E-state index in [-0.39, 0.29) is 18.2 Å². The second-order valence-corrected chi connectivity index (χ2v) is 7.92. The number of carbonyl (C=O) groups excluding carboxylic acids is 2. The Morgan fingerprint density at radius 3 is 2.44 bits per heavy atom. The van der Waals surface area contributed by atoms with Gasteiger partial charge in [0.05, 0.1) is 26.7 Å². The van der Waals surface area contributed by atoms with Crippen molar-refractivity contribution in [3.63, 3.8) is 0 Å². The van der Waals surface area contributed by atoms with Crippen LogP contribution in [0, 0.1) is 0 Å². The van der Waals surface area contributed by atoms with Crippen LogP contribution in [0.25, 0.3) is 0 Å². The van der Waals surface area contributed by atoms with E-state index in [2.05, 4.69) is 10.2 Å². The number of rotatable bonds is 6. The van der Waals surface area contributed by atoms with Crippen molar-refractivity contribution in [2.24, 2.45) is 0 Å². The van der Waals surface area contributed by atoms with Gasteiger partial charge >= 0.3 is 0 Å². The average Bonchev–Trinajstić information content (AvgIpc) is 2.70. The monoisotopic (exact) mass is 393 g/mol. The summed E-state index contributed by atoms with van der Waals surface area (Å²) in [5.74, 6) is 3.35. The van der Waals surface area contributed by atoms with Crippen LogP contribution in [0.5, 0.6) is 11.5 Å². The first-order valence-corrected chi connectivity index (χ1v) is 10.4. The van der Waals surface area contributed by atoms with Crippen molar-refractivity contribution in [3.8, 4) is 11.5 Å². The lowest BCUT2D eigenvalue weighted by atomic mass is 10.1. The molecule has 0 aromatic heterocycles. The molecular weight excluding hydrogens is 366 g/mol. The second kappa shape index (κ2) is 9.32. The molecule has 1 atom stereocenters. The van der Waals surface area contributed by atoms with Crippen LogP contribution in [0.1, 0.15) is 12.0 Å². The summed E-state index contributed by atoms with van der Waals surface area (Å²) < 4.78 is 10.7. The summed E-state index contributed by atoms with van der Waals surface area (Å²) in [6.45, 7) is 3.40. The van der Waals surface area contributed by atoms with Crippen molar-refractivity contribution in [2.45, 2.75) is 19.0 Å². The fourth-order valence-corrected chi connectivity index (χ4v) is 4.38. The summed E-state index contributed by atoms with van der Waals surface area (Å²) in [5.41, 5.74) is 0.993. The zero-order chi connectivity index (χ0) is 19.2. The Bertz CT molecular complexity index is 657. The zero-order valence-corrected chi connectivity index (χ0v) is 16.7. The van der Waals surface area contributed by atoms with Crippen molar-refractivity contribution in [1.29, 1.82) is 0 Å². The maximum absolute atomic E-state index is 12.7. The van der Waals surface area contributed by atoms with Gasteiger partial charge in [0, 0.05) is 50.3 Å². The third kappa shape index (κ3) is 5.07. The van der Waals surface area contributed by atoms with Gasteiger partial charge in [0.2, 0.25) is 11.8 Å². The van der Waals surface area contributed by atoms with E-state index < -0.39 is 6.04 Å². The maximum Gasteiger partial charge on any atom is 0.237 e. The SMILES string of the molecule is COc1cc(CN2CCNC(=O)C2CC(=O)N2CCSCC2)cc(OC)c1. The lowest BCUT2D eigenvalue weighted by Crippen LogP contribution is -2.56. The Labute approximate surface area is 164 Å². The minimum atomic E-state index is -0.446. The molecule has 0 saturated carbocycles. The number of nitrogens with one attached hydrogen (secondary N) is 1. The number of methoxy groups -OCH3 is 2. The Hall–Kier alpha value is -1.93. The van der Waals surface area contributed by atoms with Gasteiger partial charge in [0.15, 0.2) is 0 Å². The lowest BCUT2D eigenvalue weighted by Gasteiger charge is -2.36. The van der Waals surface area contributed by atoms with Crippen LogP contribution in [0.4, 0.5) is 0 Å². The van der Waals surface area contributed by atoms with Gasteiger partial charge in [-0.1, -0.05) is 0 Å². The van der Waals surface area contributed by atoms with Crippen molar-refractivity contribution >= 4 is 23.6 Å². The van der Waals surface area contributed by atoms with Gasteiger partial charge in [-0.15, -0.1) is 0 Å². The Balaban J connectivity index is 1.72. The van der Waals surface area contributed by atoms with Gasteiger partial charge in [0.1, 0.15) is 11.5 Å². The molecule has 2 amide bonds. The highest BCUT2D eigenvalue weighted by Gasteiger charge is 2.33. The molecule has 2 heterocycles. The number of nitrogens with zero attached hydrogens (tertiary/aromatic N) is 2. The zero-order valence-electron chi connectivity index (χ0n) is 15.9. The molecule has 0 aliphatic carbocycles. The third-order valence-corrected chi connectivity index (χ3v) is 5.91. The molecule has 2 aliphatic heterocycles. The quantitative estimate of drug-likeness (QED) is 0.777. The predicted molar refractivity (Wildman–Crippen MR) is 105 cm³/mol. The molecule has 2 saturated heterocycles.